The first-order valence-electron chi connectivity index (χ1n) is 4.88. The molecule has 0 aromatic heterocycles. The van der Waals surface area contributed by atoms with Crippen LogP contribution in [0.15, 0.2) is 0 Å². The van der Waals surface area contributed by atoms with Gasteiger partial charge in [0.1, 0.15) is 0 Å². The fourth-order valence-electron chi connectivity index (χ4n) is 1.75. The first-order chi connectivity index (χ1) is 5.90. The first-order valence-corrected chi connectivity index (χ1v) is 4.88. The van der Waals surface area contributed by atoms with Crippen LogP contribution in [0.2, 0.25) is 0 Å². The van der Waals surface area contributed by atoms with Gasteiger partial charge in [-0.1, -0.05) is 0 Å². The minimum atomic E-state index is 0.181. The second kappa shape index (κ2) is 3.73. The molecule has 2 atom stereocenters. The zero-order valence-electron chi connectivity index (χ0n) is 7.33. The molecule has 2 rings (SSSR count). The van der Waals surface area contributed by atoms with E-state index in [1.165, 1.54) is 12.8 Å². The monoisotopic (exact) mass is 171 g/mol. The van der Waals surface area contributed by atoms with Crippen molar-refractivity contribution in [3.8, 4) is 0 Å². The van der Waals surface area contributed by atoms with Gasteiger partial charge in [0.2, 0.25) is 0 Å². The summed E-state index contributed by atoms with van der Waals surface area (Å²) >= 11 is 0. The topological polar surface area (TPSA) is 41.5 Å². The quantitative estimate of drug-likeness (QED) is 0.638. The molecule has 12 heavy (non-hydrogen) atoms. The molecule has 2 N–H and O–H groups in total. The van der Waals surface area contributed by atoms with Gasteiger partial charge in [0, 0.05) is 12.6 Å². The van der Waals surface area contributed by atoms with E-state index in [0.29, 0.717) is 6.04 Å². The number of nitrogens with one attached hydrogen (secondary N) is 1. The molecule has 1 saturated heterocycles. The number of ether oxygens (including phenoxy) is 1. The second-order valence-corrected chi connectivity index (χ2v) is 3.78. The van der Waals surface area contributed by atoms with Gasteiger partial charge in [-0.3, -0.25) is 0 Å². The van der Waals surface area contributed by atoms with Crippen molar-refractivity contribution in [2.24, 2.45) is 0 Å². The minimum absolute atomic E-state index is 0.181. The SMILES string of the molecule is OCC(NC1CC1)C1CCCO1. The summed E-state index contributed by atoms with van der Waals surface area (Å²) in [5, 5.41) is 12.5. The van der Waals surface area contributed by atoms with E-state index < -0.39 is 0 Å². The molecule has 0 aromatic rings. The van der Waals surface area contributed by atoms with Crippen LogP contribution in [-0.4, -0.2) is 36.5 Å². The van der Waals surface area contributed by atoms with Gasteiger partial charge in [-0.15, -0.1) is 0 Å². The third-order valence-corrected chi connectivity index (χ3v) is 2.64. The highest BCUT2D eigenvalue weighted by molar-refractivity contribution is 4.89. The summed E-state index contributed by atoms with van der Waals surface area (Å²) in [5.74, 6) is 0. The maximum absolute atomic E-state index is 9.12. The van der Waals surface area contributed by atoms with Gasteiger partial charge in [0.15, 0.2) is 0 Å². The highest BCUT2D eigenvalue weighted by Gasteiger charge is 2.30. The summed E-state index contributed by atoms with van der Waals surface area (Å²) in [6, 6.07) is 0.839. The Kier molecular flexibility index (Phi) is 2.63. The van der Waals surface area contributed by atoms with E-state index >= 15 is 0 Å². The van der Waals surface area contributed by atoms with E-state index in [9.17, 15) is 0 Å². The molecular formula is C9H17NO2. The van der Waals surface area contributed by atoms with Crippen molar-refractivity contribution >= 4 is 0 Å². The van der Waals surface area contributed by atoms with Crippen LogP contribution < -0.4 is 5.32 Å². The maximum atomic E-state index is 9.12. The molecule has 1 aliphatic heterocycles. The lowest BCUT2D eigenvalue weighted by atomic mass is 10.1. The standard InChI is InChI=1S/C9H17NO2/c11-6-8(10-7-3-4-7)9-2-1-5-12-9/h7-11H,1-6H2. The van der Waals surface area contributed by atoms with Gasteiger partial charge >= 0.3 is 0 Å². The van der Waals surface area contributed by atoms with E-state index in [0.717, 1.165) is 19.4 Å². The van der Waals surface area contributed by atoms with Gasteiger partial charge in [0.05, 0.1) is 18.8 Å². The number of hydrogen-bond acceptors (Lipinski definition) is 3. The van der Waals surface area contributed by atoms with Gasteiger partial charge < -0.3 is 15.2 Å². The molecular weight excluding hydrogens is 154 g/mol. The van der Waals surface area contributed by atoms with E-state index in [-0.39, 0.29) is 18.8 Å². The number of aliphatic hydroxyl groups excluding tert-OH is 1. The summed E-state index contributed by atoms with van der Waals surface area (Å²) < 4.78 is 5.51. The Morgan fingerprint density at radius 3 is 2.75 bits per heavy atom. The van der Waals surface area contributed by atoms with Gasteiger partial charge in [0.25, 0.3) is 0 Å². The van der Waals surface area contributed by atoms with Crippen LogP contribution in [0.1, 0.15) is 25.7 Å². The molecule has 0 radical (unpaired) electrons. The third kappa shape index (κ3) is 1.97. The normalized spacial score (nSPS) is 32.2. The fourth-order valence-corrected chi connectivity index (χ4v) is 1.75. The van der Waals surface area contributed by atoms with Crippen LogP contribution in [0, 0.1) is 0 Å². The van der Waals surface area contributed by atoms with Crippen molar-refractivity contribution < 1.29 is 9.84 Å². The van der Waals surface area contributed by atoms with Crippen molar-refractivity contribution in [1.29, 1.82) is 0 Å². The van der Waals surface area contributed by atoms with Crippen LogP contribution in [0.3, 0.4) is 0 Å². The Labute approximate surface area is 73.1 Å². The summed E-state index contributed by atoms with van der Waals surface area (Å²) in [6.07, 6.45) is 5.04. The van der Waals surface area contributed by atoms with Crippen LogP contribution in [0.5, 0.6) is 0 Å². The largest absolute Gasteiger partial charge is 0.395 e. The minimum Gasteiger partial charge on any atom is -0.395 e. The number of hydrogen-bond donors (Lipinski definition) is 2. The van der Waals surface area contributed by atoms with Gasteiger partial charge in [-0.25, -0.2) is 0 Å². The average molecular weight is 171 g/mol. The van der Waals surface area contributed by atoms with Gasteiger partial charge in [-0.2, -0.15) is 0 Å². The zero-order chi connectivity index (χ0) is 8.39. The van der Waals surface area contributed by atoms with E-state index in [2.05, 4.69) is 5.32 Å². The smallest absolute Gasteiger partial charge is 0.0751 e. The number of aliphatic hydroxyl groups is 1. The molecule has 0 aromatic carbocycles. The molecule has 2 fully saturated rings. The Hall–Kier alpha value is -0.120. The molecule has 1 aliphatic carbocycles. The molecule has 2 aliphatic rings. The van der Waals surface area contributed by atoms with Crippen molar-refractivity contribution in [2.75, 3.05) is 13.2 Å². The lowest BCUT2D eigenvalue weighted by molar-refractivity contribution is 0.0549. The molecule has 1 heterocycles. The summed E-state index contributed by atoms with van der Waals surface area (Å²) in [7, 11) is 0. The van der Waals surface area contributed by atoms with Crippen LogP contribution in [0.25, 0.3) is 0 Å². The lowest BCUT2D eigenvalue weighted by Crippen LogP contribution is -2.43. The third-order valence-electron chi connectivity index (χ3n) is 2.64. The number of rotatable bonds is 4. The lowest BCUT2D eigenvalue weighted by Gasteiger charge is -2.21. The van der Waals surface area contributed by atoms with E-state index in [4.69, 9.17) is 9.84 Å². The van der Waals surface area contributed by atoms with Crippen LogP contribution >= 0.6 is 0 Å². The molecule has 3 nitrogen and oxygen atoms in total. The van der Waals surface area contributed by atoms with Crippen molar-refractivity contribution in [3.63, 3.8) is 0 Å². The molecule has 0 bridgehead atoms. The molecule has 1 saturated carbocycles. The summed E-state index contributed by atoms with van der Waals surface area (Å²) in [4.78, 5) is 0. The van der Waals surface area contributed by atoms with Crippen LogP contribution in [-0.2, 0) is 4.74 Å². The molecule has 3 heteroatoms. The van der Waals surface area contributed by atoms with Crippen molar-refractivity contribution in [1.82, 2.24) is 5.32 Å². The van der Waals surface area contributed by atoms with Crippen LogP contribution in [0.4, 0.5) is 0 Å². The van der Waals surface area contributed by atoms with Gasteiger partial charge in [-0.05, 0) is 25.7 Å². The maximum Gasteiger partial charge on any atom is 0.0751 e. The Balaban J connectivity index is 1.78. The zero-order valence-corrected chi connectivity index (χ0v) is 7.33. The fraction of sp³-hybridized carbons (Fsp3) is 1.00. The van der Waals surface area contributed by atoms with E-state index in [1.54, 1.807) is 0 Å². The second-order valence-electron chi connectivity index (χ2n) is 3.78. The molecule has 0 amide bonds. The Morgan fingerprint density at radius 1 is 1.42 bits per heavy atom. The summed E-state index contributed by atoms with van der Waals surface area (Å²) in [5.41, 5.74) is 0. The molecule has 70 valence electrons. The summed E-state index contributed by atoms with van der Waals surface area (Å²) in [6.45, 7) is 1.08. The highest BCUT2D eigenvalue weighted by Crippen LogP contribution is 2.22. The molecule has 0 spiro atoms. The van der Waals surface area contributed by atoms with Crippen molar-refractivity contribution in [3.05, 3.63) is 0 Å². The predicted octanol–water partition coefficient (Wildman–Crippen LogP) is 0.278. The van der Waals surface area contributed by atoms with E-state index in [1.807, 2.05) is 0 Å². The predicted molar refractivity (Wildman–Crippen MR) is 46.0 cm³/mol. The average Bonchev–Trinajstić information content (AvgIpc) is 2.74. The highest BCUT2D eigenvalue weighted by atomic mass is 16.5. The Morgan fingerprint density at radius 2 is 2.25 bits per heavy atom. The molecule has 2 unspecified atom stereocenters. The van der Waals surface area contributed by atoms with Crippen molar-refractivity contribution in [2.45, 2.75) is 43.9 Å². The Bertz CT molecular complexity index is 141. The first kappa shape index (κ1) is 8.48.